The maximum atomic E-state index is 12.5. The number of carbonyl (C=O) groups excluding carboxylic acids is 3. The molecule has 0 bridgehead atoms. The van der Waals surface area contributed by atoms with Gasteiger partial charge in [0.25, 0.3) is 5.91 Å². The quantitative estimate of drug-likeness (QED) is 0.453. The second-order valence-corrected chi connectivity index (χ2v) is 7.36. The normalized spacial score (nSPS) is 12.0. The molecule has 0 saturated heterocycles. The number of aromatic amines is 1. The van der Waals surface area contributed by atoms with Crippen LogP contribution in [0.4, 0.5) is 0 Å². The Labute approximate surface area is 173 Å². The summed E-state index contributed by atoms with van der Waals surface area (Å²) in [4.78, 5) is 40.5. The zero-order valence-electron chi connectivity index (χ0n) is 16.1. The fraction of sp³-hybridized carbons (Fsp3) is 0.227. The number of fused-ring (bicyclic) bond motifs is 1. The van der Waals surface area contributed by atoms with Crippen molar-refractivity contribution in [2.24, 2.45) is 5.92 Å². The van der Waals surface area contributed by atoms with Gasteiger partial charge in [-0.25, -0.2) is 4.79 Å². The van der Waals surface area contributed by atoms with E-state index < -0.39 is 24.5 Å². The van der Waals surface area contributed by atoms with Gasteiger partial charge in [-0.15, -0.1) is 0 Å². The van der Waals surface area contributed by atoms with E-state index in [1.807, 2.05) is 24.3 Å². The number of Topliss-reactive ketones (excluding diaryl/α,β-unsaturated/α-hetero) is 1. The SMILES string of the molecule is CC(C)[C@@H](NC(=O)c1ccccc1Cl)C(=O)OCC(=O)c1c[nH]c2ccccc12. The highest BCUT2D eigenvalue weighted by atomic mass is 35.5. The van der Waals surface area contributed by atoms with Crippen LogP contribution >= 0.6 is 11.6 Å². The Balaban J connectivity index is 1.66. The first-order valence-corrected chi connectivity index (χ1v) is 9.57. The monoisotopic (exact) mass is 412 g/mol. The third-order valence-electron chi connectivity index (χ3n) is 4.56. The molecule has 0 saturated carbocycles. The smallest absolute Gasteiger partial charge is 0.329 e. The maximum Gasteiger partial charge on any atom is 0.329 e. The fourth-order valence-electron chi connectivity index (χ4n) is 2.97. The van der Waals surface area contributed by atoms with Crippen molar-refractivity contribution >= 4 is 40.2 Å². The summed E-state index contributed by atoms with van der Waals surface area (Å²) in [6.07, 6.45) is 1.60. The van der Waals surface area contributed by atoms with E-state index in [4.69, 9.17) is 16.3 Å². The van der Waals surface area contributed by atoms with E-state index in [1.54, 1.807) is 44.3 Å². The second kappa shape index (κ2) is 8.92. The van der Waals surface area contributed by atoms with Gasteiger partial charge in [0.2, 0.25) is 5.78 Å². The molecule has 7 heteroatoms. The second-order valence-electron chi connectivity index (χ2n) is 6.95. The highest BCUT2D eigenvalue weighted by Crippen LogP contribution is 2.19. The Bertz CT molecular complexity index is 1060. The summed E-state index contributed by atoms with van der Waals surface area (Å²) in [5.41, 5.74) is 1.55. The van der Waals surface area contributed by atoms with Crippen LogP contribution in [0, 0.1) is 5.92 Å². The van der Waals surface area contributed by atoms with Crippen LogP contribution < -0.4 is 5.32 Å². The third-order valence-corrected chi connectivity index (χ3v) is 4.89. The zero-order valence-corrected chi connectivity index (χ0v) is 16.8. The Morgan fingerprint density at radius 2 is 1.72 bits per heavy atom. The fourth-order valence-corrected chi connectivity index (χ4v) is 3.19. The first-order chi connectivity index (χ1) is 13.9. The van der Waals surface area contributed by atoms with E-state index >= 15 is 0 Å². The average molecular weight is 413 g/mol. The van der Waals surface area contributed by atoms with Crippen molar-refractivity contribution in [1.82, 2.24) is 10.3 Å². The molecule has 3 rings (SSSR count). The van der Waals surface area contributed by atoms with E-state index in [0.29, 0.717) is 5.56 Å². The van der Waals surface area contributed by atoms with Gasteiger partial charge in [0.15, 0.2) is 6.61 Å². The van der Waals surface area contributed by atoms with Crippen molar-refractivity contribution in [2.75, 3.05) is 6.61 Å². The summed E-state index contributed by atoms with van der Waals surface area (Å²) in [5, 5.41) is 3.70. The third kappa shape index (κ3) is 4.66. The number of ether oxygens (including phenoxy) is 1. The van der Waals surface area contributed by atoms with Gasteiger partial charge in [0, 0.05) is 22.7 Å². The molecule has 1 amide bonds. The van der Waals surface area contributed by atoms with E-state index in [2.05, 4.69) is 10.3 Å². The van der Waals surface area contributed by atoms with Crippen LogP contribution in [0.3, 0.4) is 0 Å². The van der Waals surface area contributed by atoms with E-state index in [1.165, 1.54) is 0 Å². The summed E-state index contributed by atoms with van der Waals surface area (Å²) in [7, 11) is 0. The lowest BCUT2D eigenvalue weighted by molar-refractivity contribution is -0.145. The highest BCUT2D eigenvalue weighted by Gasteiger charge is 2.27. The number of amides is 1. The topological polar surface area (TPSA) is 88.3 Å². The standard InChI is InChI=1S/C22H21ClN2O4/c1-13(2)20(25-21(27)15-8-3-5-9-17(15)23)22(28)29-12-19(26)16-11-24-18-10-6-4-7-14(16)18/h3-11,13,20,24H,12H2,1-2H3,(H,25,27)/t20-/m1/s1. The van der Waals surface area contributed by atoms with Crippen LogP contribution in [-0.4, -0.2) is 35.3 Å². The number of hydrogen-bond donors (Lipinski definition) is 2. The predicted octanol–water partition coefficient (Wildman–Crippen LogP) is 4.00. The summed E-state index contributed by atoms with van der Waals surface area (Å²) in [5.74, 6) is -1.71. The van der Waals surface area contributed by atoms with Crippen molar-refractivity contribution in [3.63, 3.8) is 0 Å². The molecule has 6 nitrogen and oxygen atoms in total. The van der Waals surface area contributed by atoms with Crippen LogP contribution in [0.25, 0.3) is 10.9 Å². The molecule has 1 aromatic heterocycles. The van der Waals surface area contributed by atoms with Gasteiger partial charge in [-0.2, -0.15) is 0 Å². The Kier molecular flexibility index (Phi) is 6.34. The largest absolute Gasteiger partial charge is 0.456 e. The predicted molar refractivity (Wildman–Crippen MR) is 111 cm³/mol. The van der Waals surface area contributed by atoms with E-state index in [0.717, 1.165) is 10.9 Å². The number of ketones is 1. The molecule has 0 radical (unpaired) electrons. The number of esters is 1. The van der Waals surface area contributed by atoms with Crippen molar-refractivity contribution in [1.29, 1.82) is 0 Å². The first kappa shape index (κ1) is 20.6. The summed E-state index contributed by atoms with van der Waals surface area (Å²) in [6.45, 7) is 3.15. The molecule has 1 atom stereocenters. The molecule has 0 aliphatic carbocycles. The van der Waals surface area contributed by atoms with Gasteiger partial charge in [-0.3, -0.25) is 9.59 Å². The molecule has 0 aliphatic rings. The summed E-state index contributed by atoms with van der Waals surface area (Å²) >= 11 is 6.04. The molecule has 2 N–H and O–H groups in total. The highest BCUT2D eigenvalue weighted by molar-refractivity contribution is 6.33. The molecule has 0 aliphatic heterocycles. The van der Waals surface area contributed by atoms with Crippen molar-refractivity contribution in [3.8, 4) is 0 Å². The number of para-hydroxylation sites is 1. The van der Waals surface area contributed by atoms with Gasteiger partial charge in [-0.05, 0) is 24.1 Å². The molecule has 150 valence electrons. The van der Waals surface area contributed by atoms with Crippen LogP contribution in [0.1, 0.15) is 34.6 Å². The lowest BCUT2D eigenvalue weighted by Crippen LogP contribution is -2.45. The molecule has 0 fully saturated rings. The van der Waals surface area contributed by atoms with Gasteiger partial charge in [0.05, 0.1) is 10.6 Å². The minimum Gasteiger partial charge on any atom is -0.456 e. The molecule has 2 aromatic carbocycles. The Morgan fingerprint density at radius 3 is 2.45 bits per heavy atom. The number of hydrogen-bond acceptors (Lipinski definition) is 4. The number of benzene rings is 2. The zero-order chi connectivity index (χ0) is 21.0. The number of nitrogens with one attached hydrogen (secondary N) is 2. The molecule has 0 spiro atoms. The summed E-state index contributed by atoms with van der Waals surface area (Å²) in [6, 6.07) is 13.0. The maximum absolute atomic E-state index is 12.5. The Hall–Kier alpha value is -3.12. The number of aromatic nitrogens is 1. The molecular weight excluding hydrogens is 392 g/mol. The van der Waals surface area contributed by atoms with E-state index in [9.17, 15) is 14.4 Å². The van der Waals surface area contributed by atoms with Gasteiger partial charge < -0.3 is 15.0 Å². The van der Waals surface area contributed by atoms with Gasteiger partial charge >= 0.3 is 5.97 Å². The first-order valence-electron chi connectivity index (χ1n) is 9.20. The van der Waals surface area contributed by atoms with Crippen LogP contribution in [0.15, 0.2) is 54.7 Å². The van der Waals surface area contributed by atoms with Crippen molar-refractivity contribution in [2.45, 2.75) is 19.9 Å². The minimum absolute atomic E-state index is 0.239. The lowest BCUT2D eigenvalue weighted by Gasteiger charge is -2.21. The van der Waals surface area contributed by atoms with Crippen LogP contribution in [-0.2, 0) is 9.53 Å². The lowest BCUT2D eigenvalue weighted by atomic mass is 10.0. The van der Waals surface area contributed by atoms with E-state index in [-0.39, 0.29) is 22.3 Å². The van der Waals surface area contributed by atoms with Gasteiger partial charge in [0.1, 0.15) is 6.04 Å². The molecule has 3 aromatic rings. The molecular formula is C22H21ClN2O4. The number of H-pyrrole nitrogens is 1. The minimum atomic E-state index is -0.908. The Morgan fingerprint density at radius 1 is 1.03 bits per heavy atom. The van der Waals surface area contributed by atoms with Crippen molar-refractivity contribution in [3.05, 3.63) is 70.9 Å². The molecule has 1 heterocycles. The average Bonchev–Trinajstić information content (AvgIpc) is 3.14. The van der Waals surface area contributed by atoms with Crippen LogP contribution in [0.2, 0.25) is 5.02 Å². The molecule has 29 heavy (non-hydrogen) atoms. The van der Waals surface area contributed by atoms with Gasteiger partial charge in [-0.1, -0.05) is 55.8 Å². The van der Waals surface area contributed by atoms with Crippen LogP contribution in [0.5, 0.6) is 0 Å². The van der Waals surface area contributed by atoms with Crippen molar-refractivity contribution < 1.29 is 19.1 Å². The summed E-state index contributed by atoms with van der Waals surface area (Å²) < 4.78 is 5.22. The molecule has 0 unspecified atom stereocenters. The number of carbonyl (C=O) groups is 3. The number of halogens is 1. The number of rotatable bonds is 7.